The summed E-state index contributed by atoms with van der Waals surface area (Å²) in [6.07, 6.45) is 1.87. The standard InChI is InChI=1S/C10H12N4S/c1-7-3-4-8(5-12-7)10(11-2)9-6-15-14-13-9/h3-6,10-11H,1-2H3. The van der Waals surface area contributed by atoms with E-state index < -0.39 is 0 Å². The summed E-state index contributed by atoms with van der Waals surface area (Å²) in [6.45, 7) is 1.97. The molecule has 0 saturated carbocycles. The first kappa shape index (κ1) is 10.2. The fourth-order valence-electron chi connectivity index (χ4n) is 1.43. The Balaban J connectivity index is 2.31. The van der Waals surface area contributed by atoms with Gasteiger partial charge in [-0.3, -0.25) is 4.98 Å². The highest BCUT2D eigenvalue weighted by molar-refractivity contribution is 7.03. The summed E-state index contributed by atoms with van der Waals surface area (Å²) in [4.78, 5) is 4.27. The Morgan fingerprint density at radius 1 is 1.40 bits per heavy atom. The molecular weight excluding hydrogens is 208 g/mol. The largest absolute Gasteiger partial charge is 0.308 e. The summed E-state index contributed by atoms with van der Waals surface area (Å²) in [5.74, 6) is 0. The quantitative estimate of drug-likeness (QED) is 0.852. The summed E-state index contributed by atoms with van der Waals surface area (Å²) in [5, 5.41) is 9.21. The van der Waals surface area contributed by atoms with Crippen molar-refractivity contribution in [2.45, 2.75) is 13.0 Å². The number of nitrogens with one attached hydrogen (secondary N) is 1. The molecule has 0 radical (unpaired) electrons. The molecule has 0 aliphatic rings. The predicted molar refractivity (Wildman–Crippen MR) is 59.8 cm³/mol. The van der Waals surface area contributed by atoms with Gasteiger partial charge < -0.3 is 5.32 Å². The van der Waals surface area contributed by atoms with Crippen LogP contribution in [0.5, 0.6) is 0 Å². The summed E-state index contributed by atoms with van der Waals surface area (Å²) >= 11 is 1.36. The first-order chi connectivity index (χ1) is 7.31. The van der Waals surface area contributed by atoms with Gasteiger partial charge in [0.15, 0.2) is 0 Å². The summed E-state index contributed by atoms with van der Waals surface area (Å²) in [7, 11) is 1.91. The van der Waals surface area contributed by atoms with Crippen LogP contribution in [0.1, 0.15) is 23.0 Å². The van der Waals surface area contributed by atoms with Gasteiger partial charge in [-0.1, -0.05) is 10.6 Å². The average Bonchev–Trinajstić information content (AvgIpc) is 2.75. The van der Waals surface area contributed by atoms with Crippen LogP contribution >= 0.6 is 11.5 Å². The zero-order valence-electron chi connectivity index (χ0n) is 8.64. The van der Waals surface area contributed by atoms with E-state index >= 15 is 0 Å². The fourth-order valence-corrected chi connectivity index (χ4v) is 1.91. The van der Waals surface area contributed by atoms with Gasteiger partial charge >= 0.3 is 0 Å². The zero-order chi connectivity index (χ0) is 10.7. The maximum atomic E-state index is 4.27. The third kappa shape index (κ3) is 2.19. The lowest BCUT2D eigenvalue weighted by molar-refractivity contribution is 0.664. The van der Waals surface area contributed by atoms with E-state index in [-0.39, 0.29) is 6.04 Å². The summed E-state index contributed by atoms with van der Waals surface area (Å²) < 4.78 is 3.87. The number of aryl methyl sites for hydroxylation is 1. The van der Waals surface area contributed by atoms with E-state index in [1.54, 1.807) is 0 Å². The number of aromatic nitrogens is 3. The van der Waals surface area contributed by atoms with E-state index in [1.165, 1.54) is 11.5 Å². The molecule has 4 nitrogen and oxygen atoms in total. The van der Waals surface area contributed by atoms with Crippen molar-refractivity contribution in [3.8, 4) is 0 Å². The highest BCUT2D eigenvalue weighted by atomic mass is 32.1. The number of pyridine rings is 1. The van der Waals surface area contributed by atoms with Gasteiger partial charge in [0.2, 0.25) is 0 Å². The summed E-state index contributed by atoms with van der Waals surface area (Å²) in [6, 6.07) is 4.14. The van der Waals surface area contributed by atoms with Gasteiger partial charge in [0.05, 0.1) is 11.7 Å². The molecule has 2 aromatic rings. The van der Waals surface area contributed by atoms with E-state index in [9.17, 15) is 0 Å². The van der Waals surface area contributed by atoms with Crippen molar-refractivity contribution in [2.75, 3.05) is 7.05 Å². The zero-order valence-corrected chi connectivity index (χ0v) is 9.45. The van der Waals surface area contributed by atoms with Crippen LogP contribution in [0, 0.1) is 6.92 Å². The van der Waals surface area contributed by atoms with Crippen molar-refractivity contribution in [2.24, 2.45) is 0 Å². The van der Waals surface area contributed by atoms with Gasteiger partial charge in [-0.15, -0.1) is 5.10 Å². The van der Waals surface area contributed by atoms with Crippen LogP contribution in [0.15, 0.2) is 23.7 Å². The van der Waals surface area contributed by atoms with E-state index in [2.05, 4.69) is 26.0 Å². The molecular formula is C10H12N4S. The number of nitrogens with zero attached hydrogens (tertiary/aromatic N) is 3. The topological polar surface area (TPSA) is 50.7 Å². The van der Waals surface area contributed by atoms with Crippen LogP contribution < -0.4 is 5.32 Å². The second kappa shape index (κ2) is 4.46. The van der Waals surface area contributed by atoms with Gasteiger partial charge in [0.1, 0.15) is 0 Å². The Morgan fingerprint density at radius 3 is 2.80 bits per heavy atom. The second-order valence-corrected chi connectivity index (χ2v) is 3.89. The van der Waals surface area contributed by atoms with E-state index in [4.69, 9.17) is 0 Å². The lowest BCUT2D eigenvalue weighted by Gasteiger charge is -2.12. The van der Waals surface area contributed by atoms with Gasteiger partial charge in [-0.2, -0.15) is 0 Å². The van der Waals surface area contributed by atoms with Gasteiger partial charge in [-0.25, -0.2) is 0 Å². The molecule has 0 saturated heterocycles. The van der Waals surface area contributed by atoms with Crippen molar-refractivity contribution in [1.82, 2.24) is 19.9 Å². The SMILES string of the molecule is CNC(c1ccc(C)nc1)c1csnn1. The third-order valence-electron chi connectivity index (χ3n) is 2.23. The molecule has 2 heterocycles. The van der Waals surface area contributed by atoms with Crippen LogP contribution in [0.2, 0.25) is 0 Å². The lowest BCUT2D eigenvalue weighted by Crippen LogP contribution is -2.18. The first-order valence-electron chi connectivity index (χ1n) is 4.68. The highest BCUT2D eigenvalue weighted by Crippen LogP contribution is 2.19. The number of hydrogen-bond acceptors (Lipinski definition) is 5. The van der Waals surface area contributed by atoms with Crippen LogP contribution in [0.25, 0.3) is 0 Å². The predicted octanol–water partition coefficient (Wildman–Crippen LogP) is 1.55. The van der Waals surface area contributed by atoms with Gasteiger partial charge in [0.25, 0.3) is 0 Å². The molecule has 78 valence electrons. The van der Waals surface area contributed by atoms with Crippen LogP contribution in [-0.2, 0) is 0 Å². The number of rotatable bonds is 3. The Bertz CT molecular complexity index is 409. The van der Waals surface area contributed by atoms with Crippen LogP contribution in [0.4, 0.5) is 0 Å². The smallest absolute Gasteiger partial charge is 0.0970 e. The highest BCUT2D eigenvalue weighted by Gasteiger charge is 2.14. The molecule has 1 unspecified atom stereocenters. The molecule has 1 N–H and O–H groups in total. The van der Waals surface area contributed by atoms with E-state index in [1.807, 2.05) is 31.6 Å². The van der Waals surface area contributed by atoms with Gasteiger partial charge in [-0.05, 0) is 37.1 Å². The maximum absolute atomic E-state index is 4.27. The Morgan fingerprint density at radius 2 is 2.27 bits per heavy atom. The van der Waals surface area contributed by atoms with Crippen LogP contribution in [-0.4, -0.2) is 21.6 Å². The second-order valence-electron chi connectivity index (χ2n) is 3.28. The monoisotopic (exact) mass is 220 g/mol. The fraction of sp³-hybridized carbons (Fsp3) is 0.300. The molecule has 0 amide bonds. The van der Waals surface area contributed by atoms with Crippen molar-refractivity contribution < 1.29 is 0 Å². The Hall–Kier alpha value is -1.33. The van der Waals surface area contributed by atoms with Crippen LogP contribution in [0.3, 0.4) is 0 Å². The molecule has 2 aromatic heterocycles. The minimum Gasteiger partial charge on any atom is -0.308 e. The Kier molecular flexibility index (Phi) is 3.03. The molecule has 0 spiro atoms. The molecule has 0 bridgehead atoms. The molecule has 15 heavy (non-hydrogen) atoms. The first-order valence-corrected chi connectivity index (χ1v) is 5.51. The minimum absolute atomic E-state index is 0.0804. The molecule has 5 heteroatoms. The molecule has 0 aromatic carbocycles. The normalized spacial score (nSPS) is 12.7. The Labute approximate surface area is 92.5 Å². The van der Waals surface area contributed by atoms with Crippen molar-refractivity contribution >= 4 is 11.5 Å². The maximum Gasteiger partial charge on any atom is 0.0970 e. The minimum atomic E-state index is 0.0804. The van der Waals surface area contributed by atoms with Crippen molar-refractivity contribution in [1.29, 1.82) is 0 Å². The average molecular weight is 220 g/mol. The molecule has 0 aliphatic heterocycles. The lowest BCUT2D eigenvalue weighted by atomic mass is 10.1. The van der Waals surface area contributed by atoms with Crippen molar-refractivity contribution in [3.63, 3.8) is 0 Å². The number of hydrogen-bond donors (Lipinski definition) is 1. The molecule has 1 atom stereocenters. The van der Waals surface area contributed by atoms with E-state index in [0.717, 1.165) is 17.0 Å². The molecule has 0 aliphatic carbocycles. The summed E-state index contributed by atoms with van der Waals surface area (Å²) in [5.41, 5.74) is 3.06. The van der Waals surface area contributed by atoms with E-state index in [0.29, 0.717) is 0 Å². The molecule has 2 rings (SSSR count). The third-order valence-corrected chi connectivity index (χ3v) is 2.75. The molecule has 0 fully saturated rings. The van der Waals surface area contributed by atoms with Crippen molar-refractivity contribution in [3.05, 3.63) is 40.7 Å². The van der Waals surface area contributed by atoms with Gasteiger partial charge in [0, 0.05) is 17.3 Å².